The molecule has 0 aromatic rings. The van der Waals surface area contributed by atoms with Crippen molar-refractivity contribution in [2.75, 3.05) is 12.4 Å². The third-order valence-electron chi connectivity index (χ3n) is 2.95. The molecule has 3 atom stereocenters. The van der Waals surface area contributed by atoms with Gasteiger partial charge in [0.15, 0.2) is 0 Å². The van der Waals surface area contributed by atoms with Gasteiger partial charge in [-0.3, -0.25) is 4.79 Å². The highest BCUT2D eigenvalue weighted by atomic mass is 79.9. The molecule has 3 nitrogen and oxygen atoms in total. The second kappa shape index (κ2) is 4.72. The van der Waals surface area contributed by atoms with Crippen molar-refractivity contribution in [1.29, 1.82) is 0 Å². The zero-order valence-electron chi connectivity index (χ0n) is 9.46. The number of likely N-dealkylation sites (tertiary alicyclic amines) is 1. The first-order valence-corrected chi connectivity index (χ1v) is 6.98. The van der Waals surface area contributed by atoms with Gasteiger partial charge in [0.2, 0.25) is 0 Å². The summed E-state index contributed by atoms with van der Waals surface area (Å²) >= 11 is 7.07. The summed E-state index contributed by atoms with van der Waals surface area (Å²) in [6.07, 6.45) is -0.372. The Labute approximate surface area is 108 Å². The molecule has 0 unspecified atom stereocenters. The smallest absolute Gasteiger partial charge is 0.253 e. The highest BCUT2D eigenvalue weighted by Crippen LogP contribution is 2.44. The van der Waals surface area contributed by atoms with Crippen LogP contribution in [0.3, 0.4) is 0 Å². The number of alkyl halides is 2. The Bertz CT molecular complexity index is 256. The van der Waals surface area contributed by atoms with E-state index in [1.54, 1.807) is 7.11 Å². The Kier molecular flexibility index (Phi) is 4.23. The number of halogens is 2. The third-order valence-corrected chi connectivity index (χ3v) is 5.64. The van der Waals surface area contributed by atoms with Gasteiger partial charge in [-0.05, 0) is 13.8 Å². The highest BCUT2D eigenvalue weighted by Gasteiger charge is 2.56. The van der Waals surface area contributed by atoms with Crippen LogP contribution in [-0.2, 0) is 9.53 Å². The second-order valence-corrected chi connectivity index (χ2v) is 5.86. The van der Waals surface area contributed by atoms with Gasteiger partial charge >= 0.3 is 0 Å². The molecule has 1 heterocycles. The van der Waals surface area contributed by atoms with Crippen molar-refractivity contribution in [3.05, 3.63) is 0 Å². The molecule has 5 heteroatoms. The van der Waals surface area contributed by atoms with Crippen LogP contribution in [0, 0.1) is 5.41 Å². The fourth-order valence-corrected chi connectivity index (χ4v) is 4.10. The predicted molar refractivity (Wildman–Crippen MR) is 67.4 cm³/mol. The lowest BCUT2D eigenvalue weighted by Crippen LogP contribution is -2.40. The molecular formula is C10H17Br2NO2. The maximum Gasteiger partial charge on any atom is 0.253 e. The molecule has 1 amide bonds. The summed E-state index contributed by atoms with van der Waals surface area (Å²) in [4.78, 5) is 14.0. The molecule has 0 bridgehead atoms. The van der Waals surface area contributed by atoms with Crippen molar-refractivity contribution in [1.82, 2.24) is 4.90 Å². The van der Waals surface area contributed by atoms with E-state index in [0.717, 1.165) is 5.33 Å². The van der Waals surface area contributed by atoms with Crippen molar-refractivity contribution in [3.63, 3.8) is 0 Å². The molecule has 1 aliphatic rings. The molecule has 0 aliphatic carbocycles. The lowest BCUT2D eigenvalue weighted by Gasteiger charge is -2.32. The van der Waals surface area contributed by atoms with Crippen molar-refractivity contribution < 1.29 is 9.53 Å². The van der Waals surface area contributed by atoms with Gasteiger partial charge in [0.25, 0.3) is 5.91 Å². The number of carbonyl (C=O) groups excluding carboxylic acids is 1. The van der Waals surface area contributed by atoms with Gasteiger partial charge in [0, 0.05) is 23.9 Å². The Morgan fingerprint density at radius 1 is 1.60 bits per heavy atom. The molecule has 0 saturated carbocycles. The van der Waals surface area contributed by atoms with Crippen molar-refractivity contribution in [2.45, 2.75) is 37.9 Å². The maximum absolute atomic E-state index is 12.1. The van der Waals surface area contributed by atoms with Gasteiger partial charge < -0.3 is 9.64 Å². The number of nitrogens with zero attached hydrogens (tertiary/aromatic N) is 1. The fourth-order valence-electron chi connectivity index (χ4n) is 1.99. The number of hydrogen-bond donors (Lipinski definition) is 0. The number of carbonyl (C=O) groups is 1. The zero-order valence-corrected chi connectivity index (χ0v) is 12.6. The molecule has 1 fully saturated rings. The Hall–Kier alpha value is 0.390. The van der Waals surface area contributed by atoms with Gasteiger partial charge in [-0.25, -0.2) is 0 Å². The molecule has 0 aromatic heterocycles. The Morgan fingerprint density at radius 3 is 2.40 bits per heavy atom. The second-order valence-electron chi connectivity index (χ2n) is 4.43. The quantitative estimate of drug-likeness (QED) is 0.582. The minimum atomic E-state index is -0.372. The van der Waals surface area contributed by atoms with Crippen LogP contribution in [0.25, 0.3) is 0 Å². The monoisotopic (exact) mass is 341 g/mol. The van der Waals surface area contributed by atoms with E-state index in [1.807, 2.05) is 18.7 Å². The summed E-state index contributed by atoms with van der Waals surface area (Å²) in [6, 6.07) is 0.181. The molecule has 1 aliphatic heterocycles. The molecule has 88 valence electrons. The molecule has 1 saturated heterocycles. The minimum absolute atomic E-state index is 0.0156. The first-order valence-electron chi connectivity index (χ1n) is 4.95. The van der Waals surface area contributed by atoms with Crippen LogP contribution in [0.15, 0.2) is 0 Å². The van der Waals surface area contributed by atoms with Crippen molar-refractivity contribution in [3.8, 4) is 0 Å². The van der Waals surface area contributed by atoms with Crippen LogP contribution in [-0.4, -0.2) is 40.3 Å². The summed E-state index contributed by atoms with van der Waals surface area (Å²) in [6.45, 7) is 6.08. The molecule has 0 N–H and O–H groups in total. The van der Waals surface area contributed by atoms with Crippen molar-refractivity contribution >= 4 is 37.8 Å². The summed E-state index contributed by atoms with van der Waals surface area (Å²) in [5.41, 5.74) is -0.226. The number of methoxy groups -OCH3 is 1. The lowest BCUT2D eigenvalue weighted by atomic mass is 9.89. The average Bonchev–Trinajstić information content (AvgIpc) is 2.35. The van der Waals surface area contributed by atoms with Gasteiger partial charge in [0.1, 0.15) is 6.10 Å². The normalized spacial score (nSPS) is 36.7. The van der Waals surface area contributed by atoms with E-state index in [-0.39, 0.29) is 28.4 Å². The standard InChI is InChI=1S/C10H17Br2NO2/c1-6(2)13-8(14)7(15-4)10(3,5-11)9(13)12/h6-7,9H,5H2,1-4H3/t7-,9-,10+/m0/s1. The maximum atomic E-state index is 12.1. The predicted octanol–water partition coefficient (Wildman–Crippen LogP) is 2.37. The van der Waals surface area contributed by atoms with E-state index in [2.05, 4.69) is 38.8 Å². The van der Waals surface area contributed by atoms with E-state index >= 15 is 0 Å². The summed E-state index contributed by atoms with van der Waals surface area (Å²) in [7, 11) is 1.59. The average molecular weight is 343 g/mol. The SMILES string of the molecule is CO[C@H]1C(=O)N(C(C)C)[C@H](Br)[C@]1(C)CBr. The first kappa shape index (κ1) is 13.5. The summed E-state index contributed by atoms with van der Waals surface area (Å²) < 4.78 is 5.33. The van der Waals surface area contributed by atoms with Crippen molar-refractivity contribution in [2.24, 2.45) is 5.41 Å². The van der Waals surface area contributed by atoms with E-state index in [0.29, 0.717) is 0 Å². The largest absolute Gasteiger partial charge is 0.371 e. The Morgan fingerprint density at radius 2 is 2.13 bits per heavy atom. The van der Waals surface area contributed by atoms with E-state index in [4.69, 9.17) is 4.74 Å². The Balaban J connectivity index is 3.07. The summed E-state index contributed by atoms with van der Waals surface area (Å²) in [5, 5.41) is 0.726. The van der Waals surface area contributed by atoms with Gasteiger partial charge in [-0.15, -0.1) is 0 Å². The minimum Gasteiger partial charge on any atom is -0.371 e. The molecular weight excluding hydrogens is 326 g/mol. The fraction of sp³-hybridized carbons (Fsp3) is 0.900. The van der Waals surface area contributed by atoms with E-state index in [9.17, 15) is 4.79 Å². The first-order chi connectivity index (χ1) is 6.90. The number of rotatable bonds is 3. The van der Waals surface area contributed by atoms with Gasteiger partial charge in [-0.2, -0.15) is 0 Å². The number of amides is 1. The van der Waals surface area contributed by atoms with E-state index in [1.165, 1.54) is 0 Å². The van der Waals surface area contributed by atoms with Crippen LogP contribution in [0.1, 0.15) is 20.8 Å². The molecule has 0 spiro atoms. The van der Waals surface area contributed by atoms with Crippen LogP contribution >= 0.6 is 31.9 Å². The third kappa shape index (κ3) is 1.98. The lowest BCUT2D eigenvalue weighted by molar-refractivity contribution is -0.138. The van der Waals surface area contributed by atoms with Crippen LogP contribution in [0.2, 0.25) is 0 Å². The molecule has 15 heavy (non-hydrogen) atoms. The molecule has 0 radical (unpaired) electrons. The van der Waals surface area contributed by atoms with Gasteiger partial charge in [-0.1, -0.05) is 38.8 Å². The molecule has 1 rings (SSSR count). The molecule has 0 aromatic carbocycles. The zero-order chi connectivity index (χ0) is 11.8. The topological polar surface area (TPSA) is 29.5 Å². The number of hydrogen-bond acceptors (Lipinski definition) is 2. The highest BCUT2D eigenvalue weighted by molar-refractivity contribution is 9.10. The van der Waals surface area contributed by atoms with Crippen LogP contribution < -0.4 is 0 Å². The van der Waals surface area contributed by atoms with E-state index < -0.39 is 0 Å². The number of ether oxygens (including phenoxy) is 1. The van der Waals surface area contributed by atoms with Crippen LogP contribution in [0.5, 0.6) is 0 Å². The van der Waals surface area contributed by atoms with Gasteiger partial charge in [0.05, 0.1) is 4.95 Å². The van der Waals surface area contributed by atoms with Crippen LogP contribution in [0.4, 0.5) is 0 Å². The summed E-state index contributed by atoms with van der Waals surface area (Å²) in [5.74, 6) is 0.0660.